The van der Waals surface area contributed by atoms with E-state index in [1.807, 2.05) is 18.7 Å². The van der Waals surface area contributed by atoms with Crippen LogP contribution < -0.4 is 15.9 Å². The summed E-state index contributed by atoms with van der Waals surface area (Å²) in [5.41, 5.74) is 0.888. The van der Waals surface area contributed by atoms with E-state index < -0.39 is 17.3 Å². The number of aromatic nitrogens is 2. The number of hydrogen-bond acceptors (Lipinski definition) is 6. The molecular formula is C29H31Cl2F2N5O2S. The molecule has 1 fully saturated rings. The smallest absolute Gasteiger partial charge is 0.350 e. The average molecular weight is 623 g/mol. The van der Waals surface area contributed by atoms with Crippen LogP contribution in [0.5, 0.6) is 0 Å². The molecule has 5 rings (SSSR count). The van der Waals surface area contributed by atoms with Crippen LogP contribution in [0.25, 0.3) is 22.0 Å². The van der Waals surface area contributed by atoms with Crippen molar-refractivity contribution in [2.75, 3.05) is 30.3 Å². The van der Waals surface area contributed by atoms with Gasteiger partial charge in [-0.3, -0.25) is 9.36 Å². The highest BCUT2D eigenvalue weighted by atomic mass is 35.5. The molecule has 0 radical (unpaired) electrons. The van der Waals surface area contributed by atoms with Crippen molar-refractivity contribution in [3.8, 4) is 11.1 Å². The minimum atomic E-state index is -1.06. The molecule has 2 aromatic carbocycles. The second kappa shape index (κ2) is 11.9. The van der Waals surface area contributed by atoms with Gasteiger partial charge in [0.1, 0.15) is 5.82 Å². The molecule has 1 saturated heterocycles. The maximum absolute atomic E-state index is 14.5. The van der Waals surface area contributed by atoms with E-state index >= 15 is 0 Å². The van der Waals surface area contributed by atoms with E-state index in [2.05, 4.69) is 23.8 Å². The number of benzene rings is 2. The maximum atomic E-state index is 14.5. The van der Waals surface area contributed by atoms with Gasteiger partial charge in [-0.05, 0) is 51.1 Å². The normalized spacial score (nSPS) is 20.8. The van der Waals surface area contributed by atoms with Crippen molar-refractivity contribution in [3.63, 3.8) is 0 Å². The number of rotatable bonds is 6. The number of anilines is 1. The summed E-state index contributed by atoms with van der Waals surface area (Å²) in [5.74, 6) is -1.17. The maximum Gasteiger partial charge on any atom is 0.350 e. The largest absolute Gasteiger partial charge is 0.352 e. The highest BCUT2D eigenvalue weighted by Gasteiger charge is 2.35. The summed E-state index contributed by atoms with van der Waals surface area (Å²) in [6, 6.07) is 3.34. The Hall–Kier alpha value is -2.66. The molecule has 3 aromatic rings. The van der Waals surface area contributed by atoms with E-state index in [0.717, 1.165) is 25.1 Å². The number of halogens is 4. The number of thioether (sulfide) groups is 1. The lowest BCUT2D eigenvalue weighted by atomic mass is 10.0. The molecule has 0 spiro atoms. The number of carbonyl (C=O) groups is 1. The van der Waals surface area contributed by atoms with Gasteiger partial charge in [-0.15, -0.1) is 11.8 Å². The Morgan fingerprint density at radius 2 is 1.83 bits per heavy atom. The van der Waals surface area contributed by atoms with E-state index in [1.165, 1.54) is 17.8 Å². The molecule has 0 bridgehead atoms. The molecule has 1 N–H and O–H groups in total. The van der Waals surface area contributed by atoms with Crippen LogP contribution in [0.3, 0.4) is 0 Å². The lowest BCUT2D eigenvalue weighted by Crippen LogP contribution is -2.58. The molecule has 3 heterocycles. The van der Waals surface area contributed by atoms with Gasteiger partial charge in [0.25, 0.3) is 0 Å². The summed E-state index contributed by atoms with van der Waals surface area (Å²) in [4.78, 5) is 35.2. The molecule has 41 heavy (non-hydrogen) atoms. The lowest BCUT2D eigenvalue weighted by molar-refractivity contribution is -0.130. The van der Waals surface area contributed by atoms with Crippen molar-refractivity contribution in [2.45, 2.75) is 56.8 Å². The Kier molecular flexibility index (Phi) is 8.66. The van der Waals surface area contributed by atoms with Crippen molar-refractivity contribution in [3.05, 3.63) is 63.0 Å². The second-order valence-corrected chi connectivity index (χ2v) is 12.4. The Balaban J connectivity index is 1.74. The minimum Gasteiger partial charge on any atom is -0.352 e. The van der Waals surface area contributed by atoms with Gasteiger partial charge < -0.3 is 15.1 Å². The Bertz CT molecular complexity index is 1590. The first-order valence-electron chi connectivity index (χ1n) is 13.5. The minimum absolute atomic E-state index is 0.0146. The monoisotopic (exact) mass is 621 g/mol. The number of amides is 1. The highest BCUT2D eigenvalue weighted by Crippen LogP contribution is 2.47. The molecule has 3 atom stereocenters. The molecule has 1 aromatic heterocycles. The van der Waals surface area contributed by atoms with Crippen LogP contribution in [-0.4, -0.2) is 63.9 Å². The average Bonchev–Trinajstić information content (AvgIpc) is 3.12. The van der Waals surface area contributed by atoms with Crippen LogP contribution in [0, 0.1) is 11.6 Å². The number of piperazine rings is 1. The summed E-state index contributed by atoms with van der Waals surface area (Å²) < 4.78 is 30.1. The SMILES string of the molecule is C=CC(=O)N1[C@H](C)CN(c2nc(=O)n3c4c(c(-c5cc(F)c(F)cc5Cl)c(Cl)cc24)SCC(NCCC)C3)C[C@@H]1C. The first kappa shape index (κ1) is 29.8. The number of carbonyl (C=O) groups excluding carboxylic acids is 1. The molecule has 7 nitrogen and oxygen atoms in total. The van der Waals surface area contributed by atoms with Crippen LogP contribution in [0.1, 0.15) is 27.2 Å². The van der Waals surface area contributed by atoms with Crippen LogP contribution in [0.4, 0.5) is 14.6 Å². The van der Waals surface area contributed by atoms with Crippen molar-refractivity contribution < 1.29 is 13.6 Å². The highest BCUT2D eigenvalue weighted by molar-refractivity contribution is 7.99. The zero-order valence-electron chi connectivity index (χ0n) is 23.0. The van der Waals surface area contributed by atoms with Crippen LogP contribution in [0.2, 0.25) is 10.0 Å². The van der Waals surface area contributed by atoms with Crippen LogP contribution >= 0.6 is 35.0 Å². The fourth-order valence-corrected chi connectivity index (χ4v) is 7.76. The zero-order chi connectivity index (χ0) is 29.6. The quantitative estimate of drug-likeness (QED) is 0.280. The molecular weight excluding hydrogens is 591 g/mol. The van der Waals surface area contributed by atoms with Crippen LogP contribution in [-0.2, 0) is 11.3 Å². The van der Waals surface area contributed by atoms with Crippen LogP contribution in [0.15, 0.2) is 40.5 Å². The molecule has 218 valence electrons. The van der Waals surface area contributed by atoms with Gasteiger partial charge in [0.05, 0.1) is 15.6 Å². The van der Waals surface area contributed by atoms with Gasteiger partial charge in [-0.1, -0.05) is 36.7 Å². The molecule has 1 amide bonds. The molecule has 2 aliphatic rings. The van der Waals surface area contributed by atoms with E-state index in [1.54, 1.807) is 15.5 Å². The summed E-state index contributed by atoms with van der Waals surface area (Å²) in [5, 5.41) is 4.46. The predicted octanol–water partition coefficient (Wildman–Crippen LogP) is 5.73. The Morgan fingerprint density at radius 3 is 2.49 bits per heavy atom. The van der Waals surface area contributed by atoms with Gasteiger partial charge in [0.2, 0.25) is 5.91 Å². The lowest BCUT2D eigenvalue weighted by Gasteiger charge is -2.44. The van der Waals surface area contributed by atoms with E-state index in [0.29, 0.717) is 52.6 Å². The topological polar surface area (TPSA) is 70.5 Å². The van der Waals surface area contributed by atoms with Crippen molar-refractivity contribution in [2.24, 2.45) is 0 Å². The summed E-state index contributed by atoms with van der Waals surface area (Å²) >= 11 is 14.9. The summed E-state index contributed by atoms with van der Waals surface area (Å²) in [6.07, 6.45) is 2.23. The molecule has 0 saturated carbocycles. The van der Waals surface area contributed by atoms with Gasteiger partial charge in [-0.2, -0.15) is 4.98 Å². The molecule has 12 heteroatoms. The second-order valence-electron chi connectivity index (χ2n) is 10.5. The van der Waals surface area contributed by atoms with Crippen molar-refractivity contribution in [1.29, 1.82) is 0 Å². The van der Waals surface area contributed by atoms with Gasteiger partial charge in [0.15, 0.2) is 11.6 Å². The Morgan fingerprint density at radius 1 is 1.15 bits per heavy atom. The van der Waals surface area contributed by atoms with Gasteiger partial charge >= 0.3 is 5.69 Å². The third kappa shape index (κ3) is 5.47. The fourth-order valence-electron chi connectivity index (χ4n) is 5.84. The predicted molar refractivity (Wildman–Crippen MR) is 162 cm³/mol. The van der Waals surface area contributed by atoms with Gasteiger partial charge in [-0.25, -0.2) is 13.6 Å². The third-order valence-electron chi connectivity index (χ3n) is 7.59. The number of nitrogens with zero attached hydrogens (tertiary/aromatic N) is 4. The molecule has 0 aliphatic carbocycles. The number of nitrogens with one attached hydrogen (secondary N) is 1. The van der Waals surface area contributed by atoms with E-state index in [4.69, 9.17) is 23.2 Å². The Labute approximate surface area is 251 Å². The molecule has 1 unspecified atom stereocenters. The third-order valence-corrected chi connectivity index (χ3v) is 9.46. The standard InChI is InChI=1S/C29H31Cl2F2N5O2S/c1-5-7-34-17-13-37-26-19(28(35-29(37)40)36-11-15(3)38(16(4)12-36)24(39)6-2)8-21(31)25(27(26)41-14-17)18-9-22(32)23(33)10-20(18)30/h6,8-10,15-17,34H,2,5,7,11-14H2,1,3-4H3/t15-,16+,17?. The first-order valence-corrected chi connectivity index (χ1v) is 15.3. The zero-order valence-corrected chi connectivity index (χ0v) is 25.3. The summed E-state index contributed by atoms with van der Waals surface area (Å²) in [6.45, 7) is 11.6. The van der Waals surface area contributed by atoms with Crippen molar-refractivity contribution in [1.82, 2.24) is 19.8 Å². The number of hydrogen-bond donors (Lipinski definition) is 1. The van der Waals surface area contributed by atoms with Gasteiger partial charge in [0, 0.05) is 64.9 Å². The first-order chi connectivity index (χ1) is 19.5. The van der Waals surface area contributed by atoms with Crippen molar-refractivity contribution >= 4 is 57.6 Å². The fraction of sp³-hybridized carbons (Fsp3) is 0.414. The van der Waals surface area contributed by atoms with E-state index in [-0.39, 0.29) is 39.6 Å². The summed E-state index contributed by atoms with van der Waals surface area (Å²) in [7, 11) is 0. The van der Waals surface area contributed by atoms with E-state index in [9.17, 15) is 18.4 Å². The molecule has 2 aliphatic heterocycles.